The predicted octanol–water partition coefficient (Wildman–Crippen LogP) is 2.81. The van der Waals surface area contributed by atoms with Crippen LogP contribution in [0.4, 0.5) is 0 Å². The summed E-state index contributed by atoms with van der Waals surface area (Å²) >= 11 is 5.85. The third kappa shape index (κ3) is 2.55. The summed E-state index contributed by atoms with van der Waals surface area (Å²) < 4.78 is 24.3. The molecule has 0 heterocycles. The van der Waals surface area contributed by atoms with Crippen LogP contribution in [0.15, 0.2) is 29.2 Å². The summed E-state index contributed by atoms with van der Waals surface area (Å²) in [5, 5.41) is 8.12. The number of sulfone groups is 1. The Bertz CT molecular complexity index is 505. The molecule has 0 aliphatic carbocycles. The first kappa shape index (κ1) is 13.0. The lowest BCUT2D eigenvalue weighted by molar-refractivity contribution is 0.576. The molecule has 1 rings (SSSR count). The number of halogens is 1. The summed E-state index contributed by atoms with van der Waals surface area (Å²) in [6.07, 6.45) is 0.394. The molecule has 0 saturated carbocycles. The molecule has 0 aliphatic heterocycles. The van der Waals surface area contributed by atoms with E-state index in [0.717, 1.165) is 0 Å². The van der Waals surface area contributed by atoms with Gasteiger partial charge >= 0.3 is 0 Å². The van der Waals surface area contributed by atoms with Crippen LogP contribution in [0.2, 0.25) is 5.02 Å². The number of nitriles is 1. The van der Waals surface area contributed by atoms with Crippen LogP contribution >= 0.6 is 11.6 Å². The molecule has 0 aliphatic rings. The Morgan fingerprint density at radius 2 is 2.06 bits per heavy atom. The highest BCUT2D eigenvalue weighted by atomic mass is 35.5. The number of nitrogens with zero attached hydrogens (tertiary/aromatic N) is 1. The summed E-state index contributed by atoms with van der Waals surface area (Å²) in [6.45, 7) is 1.75. The Morgan fingerprint density at radius 1 is 1.44 bits per heavy atom. The van der Waals surface area contributed by atoms with E-state index in [9.17, 15) is 8.42 Å². The quantitative estimate of drug-likeness (QED) is 0.833. The molecule has 0 aromatic heterocycles. The zero-order valence-electron chi connectivity index (χ0n) is 8.85. The first-order valence-electron chi connectivity index (χ1n) is 4.89. The van der Waals surface area contributed by atoms with Crippen LogP contribution in [0.5, 0.6) is 0 Å². The molecule has 0 spiro atoms. The second kappa shape index (κ2) is 5.33. The molecule has 16 heavy (non-hydrogen) atoms. The van der Waals surface area contributed by atoms with Crippen molar-refractivity contribution in [3.63, 3.8) is 0 Å². The van der Waals surface area contributed by atoms with E-state index < -0.39 is 15.1 Å². The summed E-state index contributed by atoms with van der Waals surface area (Å²) in [7, 11) is -3.50. The van der Waals surface area contributed by atoms with Gasteiger partial charge in [0.2, 0.25) is 0 Å². The van der Waals surface area contributed by atoms with Crippen LogP contribution in [0.3, 0.4) is 0 Å². The van der Waals surface area contributed by atoms with E-state index >= 15 is 0 Å². The Kier molecular flexibility index (Phi) is 4.34. The van der Waals surface area contributed by atoms with Crippen molar-refractivity contribution in [3.8, 4) is 6.07 Å². The summed E-state index contributed by atoms with van der Waals surface area (Å²) in [6, 6.07) is 8.19. The van der Waals surface area contributed by atoms with E-state index in [1.807, 2.05) is 6.07 Å². The zero-order valence-corrected chi connectivity index (χ0v) is 10.4. The van der Waals surface area contributed by atoms with Gasteiger partial charge in [-0.05, 0) is 18.6 Å². The largest absolute Gasteiger partial charge is 0.223 e. The van der Waals surface area contributed by atoms with Crippen LogP contribution in [-0.2, 0) is 9.84 Å². The van der Waals surface area contributed by atoms with Gasteiger partial charge in [0, 0.05) is 0 Å². The average Bonchev–Trinajstić information content (AvgIpc) is 2.26. The highest BCUT2D eigenvalue weighted by Crippen LogP contribution is 2.26. The van der Waals surface area contributed by atoms with Crippen molar-refractivity contribution >= 4 is 21.4 Å². The Labute approximate surface area is 101 Å². The number of rotatable bonds is 4. The highest BCUT2D eigenvalue weighted by Gasteiger charge is 2.27. The van der Waals surface area contributed by atoms with Gasteiger partial charge < -0.3 is 0 Å². The third-order valence-electron chi connectivity index (χ3n) is 2.36. The molecule has 0 radical (unpaired) electrons. The normalized spacial score (nSPS) is 13.1. The van der Waals surface area contributed by atoms with Gasteiger partial charge in [-0.1, -0.05) is 30.7 Å². The van der Waals surface area contributed by atoms with Gasteiger partial charge in [-0.3, -0.25) is 0 Å². The molecule has 3 nitrogen and oxygen atoms in total. The van der Waals surface area contributed by atoms with Gasteiger partial charge in [-0.15, -0.1) is 0 Å². The molecule has 0 bridgehead atoms. The van der Waals surface area contributed by atoms with Crippen molar-refractivity contribution in [2.75, 3.05) is 0 Å². The Balaban J connectivity index is 3.22. The first-order chi connectivity index (χ1) is 7.54. The molecule has 0 amide bonds. The minimum absolute atomic E-state index is 0.00986. The lowest BCUT2D eigenvalue weighted by atomic mass is 10.3. The van der Waals surface area contributed by atoms with Crippen molar-refractivity contribution in [2.45, 2.75) is 29.9 Å². The van der Waals surface area contributed by atoms with Crippen molar-refractivity contribution in [1.29, 1.82) is 5.26 Å². The summed E-state index contributed by atoms with van der Waals surface area (Å²) in [5.74, 6) is 0. The maximum absolute atomic E-state index is 12.1. The molecule has 5 heteroatoms. The lowest BCUT2D eigenvalue weighted by Gasteiger charge is -2.13. The Morgan fingerprint density at radius 3 is 2.56 bits per heavy atom. The zero-order chi connectivity index (χ0) is 12.2. The van der Waals surface area contributed by atoms with E-state index in [1.165, 1.54) is 12.1 Å². The van der Waals surface area contributed by atoms with Crippen LogP contribution in [0.1, 0.15) is 19.8 Å². The fraction of sp³-hybridized carbons (Fsp3) is 0.364. The molecular weight excluding hydrogens is 246 g/mol. The monoisotopic (exact) mass is 257 g/mol. The number of hydrogen-bond donors (Lipinski definition) is 0. The molecule has 1 aromatic rings. The van der Waals surface area contributed by atoms with Crippen LogP contribution in [-0.4, -0.2) is 13.7 Å². The van der Waals surface area contributed by atoms with Crippen molar-refractivity contribution in [2.24, 2.45) is 0 Å². The van der Waals surface area contributed by atoms with E-state index in [4.69, 9.17) is 16.9 Å². The van der Waals surface area contributed by atoms with E-state index in [0.29, 0.717) is 6.42 Å². The van der Waals surface area contributed by atoms with Gasteiger partial charge in [-0.25, -0.2) is 8.42 Å². The minimum Gasteiger partial charge on any atom is -0.223 e. The molecule has 0 saturated heterocycles. The van der Waals surface area contributed by atoms with Crippen LogP contribution in [0, 0.1) is 11.3 Å². The van der Waals surface area contributed by atoms with Gasteiger partial charge in [0.25, 0.3) is 0 Å². The molecule has 1 aromatic carbocycles. The summed E-state index contributed by atoms with van der Waals surface area (Å²) in [5.41, 5.74) is 0. The second-order valence-electron chi connectivity index (χ2n) is 3.37. The van der Waals surface area contributed by atoms with Crippen molar-refractivity contribution < 1.29 is 8.42 Å². The van der Waals surface area contributed by atoms with Gasteiger partial charge in [0.15, 0.2) is 9.84 Å². The van der Waals surface area contributed by atoms with Gasteiger partial charge in [0.1, 0.15) is 0 Å². The van der Waals surface area contributed by atoms with E-state index in [1.54, 1.807) is 19.1 Å². The smallest absolute Gasteiger partial charge is 0.183 e. The maximum Gasteiger partial charge on any atom is 0.183 e. The topological polar surface area (TPSA) is 57.9 Å². The van der Waals surface area contributed by atoms with Crippen molar-refractivity contribution in [1.82, 2.24) is 0 Å². The molecule has 0 fully saturated rings. The van der Waals surface area contributed by atoms with Gasteiger partial charge in [0.05, 0.1) is 27.7 Å². The standard InChI is InChI=1S/C11H12ClNO2S/c1-2-9(7-8-13)16(14,15)11-6-4-3-5-10(11)12/h3-6,9H,2,7H2,1H3. The fourth-order valence-electron chi connectivity index (χ4n) is 1.43. The van der Waals surface area contributed by atoms with E-state index in [2.05, 4.69) is 0 Å². The molecular formula is C11H12ClNO2S. The number of hydrogen-bond acceptors (Lipinski definition) is 3. The predicted molar refractivity (Wildman–Crippen MR) is 62.9 cm³/mol. The second-order valence-corrected chi connectivity index (χ2v) is 5.97. The first-order valence-corrected chi connectivity index (χ1v) is 6.81. The highest BCUT2D eigenvalue weighted by molar-refractivity contribution is 7.92. The van der Waals surface area contributed by atoms with E-state index in [-0.39, 0.29) is 16.3 Å². The fourth-order valence-corrected chi connectivity index (χ4v) is 3.59. The average molecular weight is 258 g/mol. The molecule has 1 atom stereocenters. The third-order valence-corrected chi connectivity index (χ3v) is 5.14. The van der Waals surface area contributed by atoms with Crippen LogP contribution in [0.25, 0.3) is 0 Å². The summed E-state index contributed by atoms with van der Waals surface area (Å²) in [4.78, 5) is 0.110. The Hall–Kier alpha value is -1.05. The van der Waals surface area contributed by atoms with Gasteiger partial charge in [-0.2, -0.15) is 5.26 Å². The molecule has 86 valence electrons. The lowest BCUT2D eigenvalue weighted by Crippen LogP contribution is -2.20. The van der Waals surface area contributed by atoms with Crippen LogP contribution < -0.4 is 0 Å². The maximum atomic E-state index is 12.1. The SMILES string of the molecule is CCC(CC#N)S(=O)(=O)c1ccccc1Cl. The minimum atomic E-state index is -3.50. The molecule has 0 N–H and O–H groups in total. The molecule has 1 unspecified atom stereocenters. The van der Waals surface area contributed by atoms with Crippen molar-refractivity contribution in [3.05, 3.63) is 29.3 Å². The number of benzene rings is 1.